The number of benzene rings is 1. The third kappa shape index (κ3) is 3.70. The van der Waals surface area contributed by atoms with E-state index in [9.17, 15) is 9.90 Å². The monoisotopic (exact) mass is 263 g/mol. The van der Waals surface area contributed by atoms with Crippen molar-refractivity contribution in [1.82, 2.24) is 4.90 Å². The molecule has 4 nitrogen and oxygen atoms in total. The van der Waals surface area contributed by atoms with Crippen molar-refractivity contribution in [2.24, 2.45) is 0 Å². The number of β-amino-alcohol motifs (C(OH)–C–C–N with tert-alkyl or cyclic N) is 1. The van der Waals surface area contributed by atoms with Gasteiger partial charge in [-0.05, 0) is 44.0 Å². The molecule has 4 heteroatoms. The van der Waals surface area contributed by atoms with E-state index in [1.54, 1.807) is 11.8 Å². The van der Waals surface area contributed by atoms with Crippen molar-refractivity contribution in [2.75, 3.05) is 19.7 Å². The van der Waals surface area contributed by atoms with Gasteiger partial charge >= 0.3 is 0 Å². The molecule has 1 aromatic carbocycles. The summed E-state index contributed by atoms with van der Waals surface area (Å²) >= 11 is 0. The van der Waals surface area contributed by atoms with Crippen molar-refractivity contribution >= 4 is 5.91 Å². The van der Waals surface area contributed by atoms with Gasteiger partial charge in [0.25, 0.3) is 0 Å². The lowest BCUT2D eigenvalue weighted by atomic mass is 9.97. The second-order valence-corrected chi connectivity index (χ2v) is 5.67. The standard InChI is InChI=1S/C15H21NO3/c1-11-6-12(2)8-13(7-11)19-5-4-14(17)16-9-15(3,18)10-16/h6-8,18H,4-5,9-10H2,1-3H3. The topological polar surface area (TPSA) is 49.8 Å². The van der Waals surface area contributed by atoms with Crippen LogP contribution in [0.4, 0.5) is 0 Å². The molecule has 0 radical (unpaired) electrons. The second-order valence-electron chi connectivity index (χ2n) is 5.67. The van der Waals surface area contributed by atoms with E-state index in [4.69, 9.17) is 4.74 Å². The van der Waals surface area contributed by atoms with Crippen molar-refractivity contribution in [3.8, 4) is 5.75 Å². The van der Waals surface area contributed by atoms with E-state index in [1.807, 2.05) is 26.0 Å². The first-order valence-corrected chi connectivity index (χ1v) is 6.57. The molecule has 0 atom stereocenters. The van der Waals surface area contributed by atoms with Gasteiger partial charge in [-0.1, -0.05) is 6.07 Å². The molecule has 1 aromatic rings. The zero-order valence-electron chi connectivity index (χ0n) is 11.8. The third-order valence-electron chi connectivity index (χ3n) is 3.20. The molecule has 0 aliphatic carbocycles. The molecule has 0 unspecified atom stereocenters. The molecule has 2 rings (SSSR count). The van der Waals surface area contributed by atoms with Crippen LogP contribution in [-0.2, 0) is 4.79 Å². The molecule has 19 heavy (non-hydrogen) atoms. The lowest BCUT2D eigenvalue weighted by Crippen LogP contribution is -2.61. The zero-order valence-corrected chi connectivity index (χ0v) is 11.8. The molecule has 1 saturated heterocycles. The smallest absolute Gasteiger partial charge is 0.226 e. The van der Waals surface area contributed by atoms with Gasteiger partial charge in [0.1, 0.15) is 5.75 Å². The number of hydrogen-bond acceptors (Lipinski definition) is 3. The fourth-order valence-electron chi connectivity index (χ4n) is 2.38. The number of rotatable bonds is 4. The van der Waals surface area contributed by atoms with Crippen LogP contribution in [0.15, 0.2) is 18.2 Å². The lowest BCUT2D eigenvalue weighted by Gasteiger charge is -2.44. The summed E-state index contributed by atoms with van der Waals surface area (Å²) in [5.74, 6) is 0.844. The average Bonchev–Trinajstić information content (AvgIpc) is 2.24. The molecule has 1 heterocycles. The van der Waals surface area contributed by atoms with Crippen LogP contribution >= 0.6 is 0 Å². The highest BCUT2D eigenvalue weighted by Gasteiger charge is 2.38. The van der Waals surface area contributed by atoms with Gasteiger partial charge in [0.05, 0.1) is 31.7 Å². The van der Waals surface area contributed by atoms with E-state index in [1.165, 1.54) is 0 Å². The van der Waals surface area contributed by atoms with Crippen LogP contribution in [0.2, 0.25) is 0 Å². The Hall–Kier alpha value is -1.55. The van der Waals surface area contributed by atoms with Crippen molar-refractivity contribution in [3.63, 3.8) is 0 Å². The number of aryl methyl sites for hydroxylation is 2. The van der Waals surface area contributed by atoms with Crippen LogP contribution in [0.25, 0.3) is 0 Å². The van der Waals surface area contributed by atoms with Crippen LogP contribution in [0.5, 0.6) is 5.75 Å². The molecular weight excluding hydrogens is 242 g/mol. The van der Waals surface area contributed by atoms with E-state index in [0.29, 0.717) is 26.1 Å². The molecule has 0 aromatic heterocycles. The summed E-state index contributed by atoms with van der Waals surface area (Å²) in [6.45, 7) is 7.01. The highest BCUT2D eigenvalue weighted by atomic mass is 16.5. The molecule has 1 amide bonds. The molecular formula is C15H21NO3. The number of aliphatic hydroxyl groups is 1. The minimum atomic E-state index is -0.704. The number of likely N-dealkylation sites (tertiary alicyclic amines) is 1. The second kappa shape index (κ2) is 5.21. The van der Waals surface area contributed by atoms with Crippen molar-refractivity contribution < 1.29 is 14.6 Å². The highest BCUT2D eigenvalue weighted by molar-refractivity contribution is 5.77. The van der Waals surface area contributed by atoms with E-state index >= 15 is 0 Å². The maximum Gasteiger partial charge on any atom is 0.226 e. The third-order valence-corrected chi connectivity index (χ3v) is 3.20. The summed E-state index contributed by atoms with van der Waals surface area (Å²) in [6.07, 6.45) is 0.350. The fraction of sp³-hybridized carbons (Fsp3) is 0.533. The predicted octanol–water partition coefficient (Wildman–Crippen LogP) is 1.67. The van der Waals surface area contributed by atoms with Gasteiger partial charge in [-0.2, -0.15) is 0 Å². The summed E-state index contributed by atoms with van der Waals surface area (Å²) in [7, 11) is 0. The maximum atomic E-state index is 11.8. The molecule has 0 spiro atoms. The van der Waals surface area contributed by atoms with Crippen LogP contribution in [0, 0.1) is 13.8 Å². The molecule has 1 aliphatic rings. The van der Waals surface area contributed by atoms with Crippen LogP contribution in [-0.4, -0.2) is 41.2 Å². The Morgan fingerprint density at radius 2 is 1.89 bits per heavy atom. The molecule has 1 N–H and O–H groups in total. The number of carbonyl (C=O) groups is 1. The maximum absolute atomic E-state index is 11.8. The fourth-order valence-corrected chi connectivity index (χ4v) is 2.38. The van der Waals surface area contributed by atoms with E-state index in [2.05, 4.69) is 6.07 Å². The molecule has 1 aliphatic heterocycles. The zero-order chi connectivity index (χ0) is 14.0. The summed E-state index contributed by atoms with van der Waals surface area (Å²) in [5, 5.41) is 9.57. The van der Waals surface area contributed by atoms with Crippen molar-refractivity contribution in [1.29, 1.82) is 0 Å². The first kappa shape index (κ1) is 13.9. The van der Waals surface area contributed by atoms with Gasteiger partial charge in [0, 0.05) is 0 Å². The summed E-state index contributed by atoms with van der Waals surface area (Å²) in [5.41, 5.74) is 1.60. The van der Waals surface area contributed by atoms with Crippen molar-refractivity contribution in [3.05, 3.63) is 29.3 Å². The largest absolute Gasteiger partial charge is 0.493 e. The Labute approximate surface area is 114 Å². The number of ether oxygens (including phenoxy) is 1. The number of amides is 1. The van der Waals surface area contributed by atoms with Gasteiger partial charge in [-0.15, -0.1) is 0 Å². The Bertz CT molecular complexity index is 454. The molecule has 1 fully saturated rings. The quantitative estimate of drug-likeness (QED) is 0.899. The minimum Gasteiger partial charge on any atom is -0.493 e. The van der Waals surface area contributed by atoms with Gasteiger partial charge < -0.3 is 14.7 Å². The molecule has 0 bridgehead atoms. The van der Waals surface area contributed by atoms with E-state index in [-0.39, 0.29) is 5.91 Å². The summed E-state index contributed by atoms with van der Waals surface area (Å²) in [4.78, 5) is 13.4. The Kier molecular flexibility index (Phi) is 3.80. The Morgan fingerprint density at radius 1 is 1.32 bits per heavy atom. The van der Waals surface area contributed by atoms with E-state index < -0.39 is 5.60 Å². The first-order valence-electron chi connectivity index (χ1n) is 6.57. The van der Waals surface area contributed by atoms with E-state index in [0.717, 1.165) is 16.9 Å². The summed E-state index contributed by atoms with van der Waals surface area (Å²) in [6, 6.07) is 6.01. The van der Waals surface area contributed by atoms with Crippen LogP contribution in [0.1, 0.15) is 24.5 Å². The predicted molar refractivity (Wildman–Crippen MR) is 73.2 cm³/mol. The SMILES string of the molecule is Cc1cc(C)cc(OCCC(=O)N2CC(C)(O)C2)c1. The van der Waals surface area contributed by atoms with Gasteiger partial charge in [-0.25, -0.2) is 0 Å². The molecule has 104 valence electrons. The Balaban J connectivity index is 1.76. The first-order chi connectivity index (χ1) is 8.85. The minimum absolute atomic E-state index is 0.0379. The van der Waals surface area contributed by atoms with Gasteiger partial charge in [-0.3, -0.25) is 4.79 Å². The molecule has 0 saturated carbocycles. The number of hydrogen-bond donors (Lipinski definition) is 1. The van der Waals surface area contributed by atoms with Crippen LogP contribution in [0.3, 0.4) is 0 Å². The summed E-state index contributed by atoms with van der Waals surface area (Å²) < 4.78 is 5.60. The number of nitrogens with zero attached hydrogens (tertiary/aromatic N) is 1. The van der Waals surface area contributed by atoms with Crippen LogP contribution < -0.4 is 4.74 Å². The number of carbonyl (C=O) groups excluding carboxylic acids is 1. The van der Waals surface area contributed by atoms with Gasteiger partial charge in [0.15, 0.2) is 0 Å². The lowest BCUT2D eigenvalue weighted by molar-refractivity contribution is -0.152. The van der Waals surface area contributed by atoms with Gasteiger partial charge in [0.2, 0.25) is 5.91 Å². The Morgan fingerprint density at radius 3 is 2.42 bits per heavy atom. The van der Waals surface area contributed by atoms with Crippen molar-refractivity contribution in [2.45, 2.75) is 32.8 Å². The average molecular weight is 263 g/mol. The highest BCUT2D eigenvalue weighted by Crippen LogP contribution is 2.21. The normalized spacial score (nSPS) is 16.9.